The fourth-order valence-corrected chi connectivity index (χ4v) is 3.70. The summed E-state index contributed by atoms with van der Waals surface area (Å²) in [4.78, 5) is 11.3. The molecule has 0 N–H and O–H groups in total. The molecule has 0 saturated heterocycles. The first-order valence-corrected chi connectivity index (χ1v) is 7.10. The highest BCUT2D eigenvalue weighted by molar-refractivity contribution is 7.18. The monoisotopic (exact) mass is 248 g/mol. The van der Waals surface area contributed by atoms with Gasteiger partial charge in [-0.2, -0.15) is 0 Å². The van der Waals surface area contributed by atoms with Gasteiger partial charge < -0.3 is 4.74 Å². The van der Waals surface area contributed by atoms with Gasteiger partial charge in [0.05, 0.1) is 12.0 Å². The van der Waals surface area contributed by atoms with Crippen molar-refractivity contribution in [3.63, 3.8) is 0 Å². The van der Waals surface area contributed by atoms with Gasteiger partial charge >= 0.3 is 0 Å². The van der Waals surface area contributed by atoms with E-state index in [1.165, 1.54) is 41.5 Å². The molecular formula is C13H16N2OS. The van der Waals surface area contributed by atoms with E-state index in [0.717, 1.165) is 17.1 Å². The zero-order valence-corrected chi connectivity index (χ0v) is 10.8. The second kappa shape index (κ2) is 4.61. The molecule has 2 aromatic heterocycles. The van der Waals surface area contributed by atoms with Crippen molar-refractivity contribution < 1.29 is 4.74 Å². The standard InChI is InChI=1S/C13H16N2OS/c1-2-16-12-11-9-6-4-3-5-7-10(9)17-13(11)15-8-14-12/h8H,2-7H2,1H3. The van der Waals surface area contributed by atoms with E-state index in [9.17, 15) is 0 Å². The third-order valence-electron chi connectivity index (χ3n) is 3.25. The number of thiophene rings is 1. The maximum absolute atomic E-state index is 5.64. The van der Waals surface area contributed by atoms with Gasteiger partial charge in [-0.3, -0.25) is 0 Å². The molecule has 0 aliphatic heterocycles. The summed E-state index contributed by atoms with van der Waals surface area (Å²) in [5.41, 5.74) is 1.45. The number of hydrogen-bond acceptors (Lipinski definition) is 4. The maximum atomic E-state index is 5.64. The lowest BCUT2D eigenvalue weighted by atomic mass is 10.1. The molecule has 0 spiro atoms. The van der Waals surface area contributed by atoms with Gasteiger partial charge in [-0.25, -0.2) is 9.97 Å². The van der Waals surface area contributed by atoms with Crippen LogP contribution in [0.3, 0.4) is 0 Å². The van der Waals surface area contributed by atoms with Crippen LogP contribution in [-0.4, -0.2) is 16.6 Å². The summed E-state index contributed by atoms with van der Waals surface area (Å²) < 4.78 is 5.64. The van der Waals surface area contributed by atoms with Crippen molar-refractivity contribution in [2.75, 3.05) is 6.61 Å². The van der Waals surface area contributed by atoms with Crippen LogP contribution in [0.1, 0.15) is 36.6 Å². The third kappa shape index (κ3) is 1.90. The predicted molar refractivity (Wildman–Crippen MR) is 69.8 cm³/mol. The molecule has 0 saturated carbocycles. The third-order valence-corrected chi connectivity index (χ3v) is 4.45. The Morgan fingerprint density at radius 2 is 2.12 bits per heavy atom. The molecule has 0 amide bonds. The molecule has 2 heterocycles. The second-order valence-corrected chi connectivity index (χ2v) is 5.44. The highest BCUT2D eigenvalue weighted by Crippen LogP contribution is 2.38. The van der Waals surface area contributed by atoms with Gasteiger partial charge in [0.2, 0.25) is 5.88 Å². The van der Waals surface area contributed by atoms with E-state index in [4.69, 9.17) is 4.74 Å². The minimum atomic E-state index is 0.663. The van der Waals surface area contributed by atoms with Gasteiger partial charge in [-0.1, -0.05) is 6.42 Å². The molecule has 1 aliphatic carbocycles. The lowest BCUT2D eigenvalue weighted by molar-refractivity contribution is 0.330. The van der Waals surface area contributed by atoms with Crippen LogP contribution in [0.25, 0.3) is 10.2 Å². The Hall–Kier alpha value is -1.16. The molecule has 0 atom stereocenters. The Kier molecular flexibility index (Phi) is 2.97. The number of aryl methyl sites for hydroxylation is 2. The SMILES string of the molecule is CCOc1ncnc2sc3c(c12)CCCCC3. The zero-order valence-electron chi connectivity index (χ0n) is 10.0. The molecule has 0 bridgehead atoms. The number of hydrogen-bond donors (Lipinski definition) is 0. The topological polar surface area (TPSA) is 35.0 Å². The van der Waals surface area contributed by atoms with E-state index in [1.54, 1.807) is 6.33 Å². The Balaban J connectivity index is 2.19. The van der Waals surface area contributed by atoms with Gasteiger partial charge in [0.25, 0.3) is 0 Å². The van der Waals surface area contributed by atoms with Gasteiger partial charge in [0, 0.05) is 4.88 Å². The van der Waals surface area contributed by atoms with Gasteiger partial charge in [-0.05, 0) is 38.2 Å². The predicted octanol–water partition coefficient (Wildman–Crippen LogP) is 3.36. The van der Waals surface area contributed by atoms with Gasteiger partial charge in [0.1, 0.15) is 11.2 Å². The molecule has 3 rings (SSSR count). The van der Waals surface area contributed by atoms with E-state index in [-0.39, 0.29) is 0 Å². The summed E-state index contributed by atoms with van der Waals surface area (Å²) >= 11 is 1.82. The van der Waals surface area contributed by atoms with Crippen molar-refractivity contribution in [3.8, 4) is 5.88 Å². The summed E-state index contributed by atoms with van der Waals surface area (Å²) in [5, 5.41) is 1.18. The van der Waals surface area contributed by atoms with E-state index in [1.807, 2.05) is 18.3 Å². The first kappa shape index (κ1) is 11.0. The summed E-state index contributed by atoms with van der Waals surface area (Å²) in [5.74, 6) is 0.775. The average molecular weight is 248 g/mol. The van der Waals surface area contributed by atoms with Crippen molar-refractivity contribution in [2.45, 2.75) is 39.0 Å². The molecule has 90 valence electrons. The maximum Gasteiger partial charge on any atom is 0.225 e. The molecule has 1 aliphatic rings. The first-order valence-electron chi connectivity index (χ1n) is 6.28. The van der Waals surface area contributed by atoms with Crippen LogP contribution in [0.2, 0.25) is 0 Å². The fraction of sp³-hybridized carbons (Fsp3) is 0.538. The molecule has 2 aromatic rings. The molecule has 3 nitrogen and oxygen atoms in total. The van der Waals surface area contributed by atoms with Crippen LogP contribution in [0.5, 0.6) is 5.88 Å². The van der Waals surface area contributed by atoms with Crippen LogP contribution in [0.15, 0.2) is 6.33 Å². The van der Waals surface area contributed by atoms with Crippen LogP contribution in [0.4, 0.5) is 0 Å². The minimum Gasteiger partial charge on any atom is -0.477 e. The largest absolute Gasteiger partial charge is 0.477 e. The molecule has 0 radical (unpaired) electrons. The molecule has 0 aromatic carbocycles. The van der Waals surface area contributed by atoms with Crippen molar-refractivity contribution in [1.82, 2.24) is 9.97 Å². The summed E-state index contributed by atoms with van der Waals surface area (Å²) in [7, 11) is 0. The van der Waals surface area contributed by atoms with Crippen molar-refractivity contribution in [1.29, 1.82) is 0 Å². The van der Waals surface area contributed by atoms with Gasteiger partial charge in [-0.15, -0.1) is 11.3 Å². The van der Waals surface area contributed by atoms with Crippen molar-refractivity contribution in [3.05, 3.63) is 16.8 Å². The van der Waals surface area contributed by atoms with Crippen molar-refractivity contribution >= 4 is 21.6 Å². The van der Waals surface area contributed by atoms with E-state index >= 15 is 0 Å². The van der Waals surface area contributed by atoms with Crippen LogP contribution in [0, 0.1) is 0 Å². The normalized spacial score (nSPS) is 15.6. The Bertz CT molecular complexity index is 535. The Morgan fingerprint density at radius 1 is 1.24 bits per heavy atom. The number of rotatable bonds is 2. The molecular weight excluding hydrogens is 232 g/mol. The smallest absolute Gasteiger partial charge is 0.225 e. The Morgan fingerprint density at radius 3 is 3.00 bits per heavy atom. The molecule has 0 unspecified atom stereocenters. The second-order valence-electron chi connectivity index (χ2n) is 4.36. The number of aromatic nitrogens is 2. The lowest BCUT2D eigenvalue weighted by Crippen LogP contribution is -1.97. The lowest BCUT2D eigenvalue weighted by Gasteiger charge is -2.05. The molecule has 17 heavy (non-hydrogen) atoms. The van der Waals surface area contributed by atoms with Crippen LogP contribution in [-0.2, 0) is 12.8 Å². The first-order chi connectivity index (χ1) is 8.40. The zero-order chi connectivity index (χ0) is 11.7. The van der Waals surface area contributed by atoms with Crippen molar-refractivity contribution in [2.24, 2.45) is 0 Å². The summed E-state index contributed by atoms with van der Waals surface area (Å²) in [6, 6.07) is 0. The van der Waals surface area contributed by atoms with E-state index in [0.29, 0.717) is 6.61 Å². The highest BCUT2D eigenvalue weighted by Gasteiger charge is 2.19. The number of nitrogens with zero attached hydrogens (tertiary/aromatic N) is 2. The molecule has 0 fully saturated rings. The fourth-order valence-electron chi connectivity index (χ4n) is 2.48. The van der Waals surface area contributed by atoms with E-state index in [2.05, 4.69) is 9.97 Å². The summed E-state index contributed by atoms with van der Waals surface area (Å²) in [6.45, 7) is 2.66. The quantitative estimate of drug-likeness (QED) is 0.764. The average Bonchev–Trinajstić information content (AvgIpc) is 2.54. The number of fused-ring (bicyclic) bond motifs is 3. The van der Waals surface area contributed by atoms with E-state index < -0.39 is 0 Å². The number of ether oxygens (including phenoxy) is 1. The summed E-state index contributed by atoms with van der Waals surface area (Å²) in [6.07, 6.45) is 7.88. The molecule has 4 heteroatoms. The van der Waals surface area contributed by atoms with Crippen LogP contribution < -0.4 is 4.74 Å². The minimum absolute atomic E-state index is 0.663. The van der Waals surface area contributed by atoms with Gasteiger partial charge in [0.15, 0.2) is 0 Å². The highest BCUT2D eigenvalue weighted by atomic mass is 32.1. The Labute approximate surface area is 105 Å². The van der Waals surface area contributed by atoms with Crippen LogP contribution >= 0.6 is 11.3 Å².